The quantitative estimate of drug-likeness (QED) is 0.596. The highest BCUT2D eigenvalue weighted by atomic mass is 32.2. The molecule has 1 saturated heterocycles. The van der Waals surface area contributed by atoms with Crippen LogP contribution in [-0.2, 0) is 17.8 Å². The van der Waals surface area contributed by atoms with Gasteiger partial charge in [0.2, 0.25) is 5.91 Å². The molecule has 0 aliphatic carbocycles. The van der Waals surface area contributed by atoms with E-state index in [-0.39, 0.29) is 41.4 Å². The SMILES string of the molecule is O=C1NC(=O)C(Cc2ccc(C(CO)C3CNc4ccc(CO)cc43)cc2)S1. The van der Waals surface area contributed by atoms with Gasteiger partial charge >= 0.3 is 0 Å². The molecule has 146 valence electrons. The summed E-state index contributed by atoms with van der Waals surface area (Å²) in [6.45, 7) is 0.746. The van der Waals surface area contributed by atoms with Crippen LogP contribution >= 0.6 is 11.8 Å². The van der Waals surface area contributed by atoms with Crippen molar-refractivity contribution in [3.63, 3.8) is 0 Å². The Bertz CT molecular complexity index is 900. The number of nitrogens with one attached hydrogen (secondary N) is 2. The van der Waals surface area contributed by atoms with Crippen molar-refractivity contribution < 1.29 is 19.8 Å². The summed E-state index contributed by atoms with van der Waals surface area (Å²) in [4.78, 5) is 23.1. The number of thioether (sulfide) groups is 1. The number of hydrogen-bond donors (Lipinski definition) is 4. The van der Waals surface area contributed by atoms with E-state index in [0.29, 0.717) is 6.42 Å². The van der Waals surface area contributed by atoms with Crippen molar-refractivity contribution in [1.29, 1.82) is 0 Å². The number of rotatable bonds is 6. The summed E-state index contributed by atoms with van der Waals surface area (Å²) in [7, 11) is 0. The number of fused-ring (bicyclic) bond motifs is 1. The molecule has 0 bridgehead atoms. The van der Waals surface area contributed by atoms with Crippen molar-refractivity contribution in [2.45, 2.75) is 30.1 Å². The Labute approximate surface area is 167 Å². The third kappa shape index (κ3) is 3.65. The van der Waals surface area contributed by atoms with Gasteiger partial charge in [0.05, 0.1) is 18.5 Å². The number of hydrogen-bond acceptors (Lipinski definition) is 6. The fourth-order valence-electron chi connectivity index (χ4n) is 3.97. The lowest BCUT2D eigenvalue weighted by molar-refractivity contribution is -0.118. The lowest BCUT2D eigenvalue weighted by atomic mass is 9.82. The van der Waals surface area contributed by atoms with Gasteiger partial charge in [-0.1, -0.05) is 48.2 Å². The lowest BCUT2D eigenvalue weighted by Crippen LogP contribution is -2.25. The molecule has 0 radical (unpaired) electrons. The number of benzene rings is 2. The maximum absolute atomic E-state index is 11.7. The fourth-order valence-corrected chi connectivity index (χ4v) is 4.83. The number of amides is 2. The Balaban J connectivity index is 1.52. The number of carbonyl (C=O) groups excluding carboxylic acids is 2. The molecule has 2 aromatic rings. The maximum atomic E-state index is 11.7. The van der Waals surface area contributed by atoms with Crippen LogP contribution < -0.4 is 10.6 Å². The van der Waals surface area contributed by atoms with Gasteiger partial charge in [-0.2, -0.15) is 0 Å². The molecular formula is C21H22N2O4S. The van der Waals surface area contributed by atoms with Crippen molar-refractivity contribution >= 4 is 28.6 Å². The first-order valence-corrected chi connectivity index (χ1v) is 10.2. The molecule has 2 aromatic carbocycles. The van der Waals surface area contributed by atoms with Crippen LogP contribution in [-0.4, -0.2) is 39.8 Å². The summed E-state index contributed by atoms with van der Waals surface area (Å²) in [5.41, 5.74) is 5.04. The van der Waals surface area contributed by atoms with E-state index < -0.39 is 0 Å². The second kappa shape index (κ2) is 7.95. The van der Waals surface area contributed by atoms with Gasteiger partial charge < -0.3 is 15.5 Å². The van der Waals surface area contributed by atoms with E-state index >= 15 is 0 Å². The molecule has 2 amide bonds. The van der Waals surface area contributed by atoms with Gasteiger partial charge in [-0.15, -0.1) is 0 Å². The first-order chi connectivity index (χ1) is 13.6. The van der Waals surface area contributed by atoms with Gasteiger partial charge in [-0.3, -0.25) is 14.9 Å². The summed E-state index contributed by atoms with van der Waals surface area (Å²) in [5, 5.41) is 24.5. The molecule has 6 nitrogen and oxygen atoms in total. The molecule has 7 heteroatoms. The Kier molecular flexibility index (Phi) is 5.39. The molecule has 4 rings (SSSR count). The lowest BCUT2D eigenvalue weighted by Gasteiger charge is -2.23. The van der Waals surface area contributed by atoms with Crippen LogP contribution in [0.2, 0.25) is 0 Å². The Hall–Kier alpha value is -2.35. The molecule has 2 aliphatic rings. The standard InChI is InChI=1S/C21H22N2O4S/c24-10-13-3-6-18-15(7-13)16(9-22-18)17(11-25)14-4-1-12(2-5-14)8-19-20(26)23-21(27)28-19/h1-7,16-17,19,22,24-25H,8-11H2,(H,23,26,27). The summed E-state index contributed by atoms with van der Waals surface area (Å²) in [5.74, 6) is -0.186. The average Bonchev–Trinajstić information content (AvgIpc) is 3.26. The normalized spacial score (nSPS) is 21.9. The van der Waals surface area contributed by atoms with E-state index in [0.717, 1.165) is 46.2 Å². The minimum absolute atomic E-state index is 0.00620. The number of carbonyl (C=O) groups is 2. The van der Waals surface area contributed by atoms with Crippen LogP contribution in [0.1, 0.15) is 34.1 Å². The van der Waals surface area contributed by atoms with Crippen molar-refractivity contribution in [3.8, 4) is 0 Å². The van der Waals surface area contributed by atoms with Crippen molar-refractivity contribution in [1.82, 2.24) is 5.32 Å². The summed E-state index contributed by atoms with van der Waals surface area (Å²) >= 11 is 1.03. The van der Waals surface area contributed by atoms with Crippen LogP contribution in [0.5, 0.6) is 0 Å². The smallest absolute Gasteiger partial charge is 0.286 e. The van der Waals surface area contributed by atoms with Crippen LogP contribution in [0.25, 0.3) is 0 Å². The second-order valence-corrected chi connectivity index (χ2v) is 8.36. The van der Waals surface area contributed by atoms with Crippen LogP contribution in [0.3, 0.4) is 0 Å². The third-order valence-corrected chi connectivity index (χ3v) is 6.47. The Morgan fingerprint density at radius 1 is 1.07 bits per heavy atom. The number of aliphatic hydroxyl groups excluding tert-OH is 2. The molecular weight excluding hydrogens is 376 g/mol. The van der Waals surface area contributed by atoms with Gasteiger partial charge in [0.25, 0.3) is 5.24 Å². The molecule has 28 heavy (non-hydrogen) atoms. The zero-order valence-electron chi connectivity index (χ0n) is 15.2. The summed E-state index contributed by atoms with van der Waals surface area (Å²) < 4.78 is 0. The highest BCUT2D eigenvalue weighted by Crippen LogP contribution is 2.41. The van der Waals surface area contributed by atoms with E-state index in [1.807, 2.05) is 42.5 Å². The molecule has 2 aliphatic heterocycles. The topological polar surface area (TPSA) is 98.7 Å². The predicted octanol–water partition coefficient (Wildman–Crippen LogP) is 2.36. The average molecular weight is 398 g/mol. The highest BCUT2D eigenvalue weighted by Gasteiger charge is 2.32. The first-order valence-electron chi connectivity index (χ1n) is 9.27. The minimum Gasteiger partial charge on any atom is -0.396 e. The first kappa shape index (κ1) is 19.0. The molecule has 3 unspecified atom stereocenters. The van der Waals surface area contributed by atoms with Gasteiger partial charge in [0.15, 0.2) is 0 Å². The molecule has 1 fully saturated rings. The van der Waals surface area contributed by atoms with Gasteiger partial charge in [0.1, 0.15) is 0 Å². The third-order valence-electron chi connectivity index (χ3n) is 5.49. The molecule has 0 spiro atoms. The zero-order chi connectivity index (χ0) is 19.7. The fraction of sp³-hybridized carbons (Fsp3) is 0.333. The molecule has 2 heterocycles. The van der Waals surface area contributed by atoms with E-state index in [2.05, 4.69) is 10.6 Å². The number of imide groups is 1. The van der Waals surface area contributed by atoms with E-state index in [4.69, 9.17) is 0 Å². The molecule has 0 saturated carbocycles. The number of anilines is 1. The Morgan fingerprint density at radius 2 is 1.82 bits per heavy atom. The van der Waals surface area contributed by atoms with Gasteiger partial charge in [-0.25, -0.2) is 0 Å². The van der Waals surface area contributed by atoms with Crippen molar-refractivity contribution in [2.75, 3.05) is 18.5 Å². The highest BCUT2D eigenvalue weighted by molar-refractivity contribution is 8.15. The van der Waals surface area contributed by atoms with Crippen LogP contribution in [0.15, 0.2) is 42.5 Å². The maximum Gasteiger partial charge on any atom is 0.286 e. The van der Waals surface area contributed by atoms with E-state index in [1.165, 1.54) is 0 Å². The van der Waals surface area contributed by atoms with Crippen LogP contribution in [0, 0.1) is 0 Å². The van der Waals surface area contributed by atoms with E-state index in [9.17, 15) is 19.8 Å². The van der Waals surface area contributed by atoms with Gasteiger partial charge in [0, 0.05) is 24.1 Å². The summed E-state index contributed by atoms with van der Waals surface area (Å²) in [6.07, 6.45) is 0.500. The second-order valence-electron chi connectivity index (χ2n) is 7.19. The molecule has 0 aromatic heterocycles. The Morgan fingerprint density at radius 3 is 2.46 bits per heavy atom. The van der Waals surface area contributed by atoms with Crippen molar-refractivity contribution in [3.05, 3.63) is 64.7 Å². The van der Waals surface area contributed by atoms with Gasteiger partial charge in [-0.05, 0) is 34.7 Å². The largest absolute Gasteiger partial charge is 0.396 e. The number of aliphatic hydroxyl groups is 2. The predicted molar refractivity (Wildman–Crippen MR) is 108 cm³/mol. The van der Waals surface area contributed by atoms with Crippen LogP contribution in [0.4, 0.5) is 10.5 Å². The van der Waals surface area contributed by atoms with E-state index in [1.54, 1.807) is 0 Å². The minimum atomic E-state index is -0.380. The molecule has 3 atom stereocenters. The zero-order valence-corrected chi connectivity index (χ0v) is 16.0. The van der Waals surface area contributed by atoms with Crippen molar-refractivity contribution in [2.24, 2.45) is 0 Å². The monoisotopic (exact) mass is 398 g/mol. The molecule has 4 N–H and O–H groups in total. The summed E-state index contributed by atoms with van der Waals surface area (Å²) in [6, 6.07) is 13.8.